The van der Waals surface area contributed by atoms with E-state index in [1.54, 1.807) is 12.1 Å². The van der Waals surface area contributed by atoms with E-state index in [0.717, 1.165) is 45.0 Å². The molecular weight excluding hydrogens is 553 g/mol. The van der Waals surface area contributed by atoms with Gasteiger partial charge < -0.3 is 15.2 Å². The molecular formula is C35H35Cl2NO3. The average molecular weight is 589 g/mol. The van der Waals surface area contributed by atoms with Crippen molar-refractivity contribution in [2.45, 2.75) is 53.1 Å². The molecule has 4 aromatic carbocycles. The van der Waals surface area contributed by atoms with Gasteiger partial charge in [-0.2, -0.15) is 0 Å². The Morgan fingerprint density at radius 2 is 1.71 bits per heavy atom. The summed E-state index contributed by atoms with van der Waals surface area (Å²) in [4.78, 5) is 13.9. The quantitative estimate of drug-likeness (QED) is 0.208. The summed E-state index contributed by atoms with van der Waals surface area (Å²) < 4.78 is 12.1. The van der Waals surface area contributed by atoms with Crippen LogP contribution in [0.2, 0.25) is 10.0 Å². The molecule has 0 saturated heterocycles. The number of hydrogen-bond acceptors (Lipinski definition) is 4. The van der Waals surface area contributed by atoms with Crippen molar-refractivity contribution in [2.24, 2.45) is 5.41 Å². The van der Waals surface area contributed by atoms with Crippen molar-refractivity contribution < 1.29 is 14.3 Å². The minimum atomic E-state index is -0.175. The fourth-order valence-corrected chi connectivity index (χ4v) is 6.29. The van der Waals surface area contributed by atoms with E-state index in [-0.39, 0.29) is 23.7 Å². The molecule has 4 aromatic rings. The molecule has 4 nitrogen and oxygen atoms in total. The summed E-state index contributed by atoms with van der Waals surface area (Å²) in [6.45, 7) is 9.08. The fourth-order valence-electron chi connectivity index (χ4n) is 5.83. The molecule has 0 bridgehead atoms. The molecule has 0 heterocycles. The van der Waals surface area contributed by atoms with Gasteiger partial charge in [0, 0.05) is 44.8 Å². The van der Waals surface area contributed by atoms with Gasteiger partial charge in [-0.25, -0.2) is 0 Å². The van der Waals surface area contributed by atoms with Gasteiger partial charge in [-0.1, -0.05) is 86.4 Å². The van der Waals surface area contributed by atoms with E-state index in [9.17, 15) is 4.79 Å². The van der Waals surface area contributed by atoms with E-state index < -0.39 is 0 Å². The largest absolute Gasteiger partial charge is 0.490 e. The highest BCUT2D eigenvalue weighted by Gasteiger charge is 2.37. The van der Waals surface area contributed by atoms with Gasteiger partial charge in [0.15, 0.2) is 17.3 Å². The molecule has 0 amide bonds. The van der Waals surface area contributed by atoms with Crippen LogP contribution in [0.3, 0.4) is 0 Å². The number of benzene rings is 4. The van der Waals surface area contributed by atoms with Crippen LogP contribution in [0.1, 0.15) is 63.1 Å². The van der Waals surface area contributed by atoms with Gasteiger partial charge in [0.2, 0.25) is 0 Å². The number of ether oxygens (including phenoxy) is 2. The molecule has 5 rings (SSSR count). The number of allylic oxidation sites excluding steroid dienone is 2. The van der Waals surface area contributed by atoms with Crippen molar-refractivity contribution in [1.29, 1.82) is 0 Å². The van der Waals surface area contributed by atoms with Gasteiger partial charge in [0.05, 0.1) is 6.61 Å². The zero-order chi connectivity index (χ0) is 29.3. The second-order valence-corrected chi connectivity index (χ2v) is 12.3. The van der Waals surface area contributed by atoms with Crippen LogP contribution in [0, 0.1) is 5.41 Å². The summed E-state index contributed by atoms with van der Waals surface area (Å²) in [5.41, 5.74) is 11.8. The first-order valence-electron chi connectivity index (χ1n) is 14.0. The van der Waals surface area contributed by atoms with Crippen LogP contribution in [0.15, 0.2) is 78.4 Å². The number of carbonyl (C=O) groups excluding carboxylic acids is 1. The maximum atomic E-state index is 13.9. The Morgan fingerprint density at radius 1 is 0.927 bits per heavy atom. The SMILES string of the molecule is CCOc1cc([C@@H](C)C2=C(c3c(N)ccc4ccccc34)CC(C)(C)CC2=O)ccc1OCc1ccc(Cl)cc1Cl. The molecule has 0 aliphatic heterocycles. The highest BCUT2D eigenvalue weighted by atomic mass is 35.5. The molecule has 0 fully saturated rings. The normalized spacial score (nSPS) is 15.7. The van der Waals surface area contributed by atoms with Gasteiger partial charge in [-0.3, -0.25) is 4.79 Å². The number of halogens is 2. The Morgan fingerprint density at radius 3 is 2.46 bits per heavy atom. The summed E-state index contributed by atoms with van der Waals surface area (Å²) in [5.74, 6) is 1.22. The van der Waals surface area contributed by atoms with E-state index >= 15 is 0 Å². The van der Waals surface area contributed by atoms with Crippen LogP contribution in [0.5, 0.6) is 11.5 Å². The standard InChI is InChI=1S/C35H35Cl2NO3/c1-5-40-32-16-23(12-15-31(32)41-20-24-10-13-25(36)17-28(24)37)21(2)33-27(18-35(3,4)19-30(33)39)34-26-9-7-6-8-22(26)11-14-29(34)38/h6-17,21H,5,18-20,38H2,1-4H3/t21-/m1/s1. The number of rotatable bonds is 8. The van der Waals surface area contributed by atoms with Gasteiger partial charge in [0.25, 0.3) is 0 Å². The molecule has 1 aliphatic carbocycles. The van der Waals surface area contributed by atoms with Crippen LogP contribution in [-0.4, -0.2) is 12.4 Å². The third-order valence-corrected chi connectivity index (χ3v) is 8.37. The molecule has 2 N–H and O–H groups in total. The summed E-state index contributed by atoms with van der Waals surface area (Å²) in [6.07, 6.45) is 1.25. The highest BCUT2D eigenvalue weighted by molar-refractivity contribution is 6.35. The molecule has 6 heteroatoms. The summed E-state index contributed by atoms with van der Waals surface area (Å²) in [7, 11) is 0. The predicted molar refractivity (Wildman–Crippen MR) is 170 cm³/mol. The maximum Gasteiger partial charge on any atom is 0.161 e. The molecule has 0 radical (unpaired) electrons. The second kappa shape index (κ2) is 11.8. The Bertz CT molecular complexity index is 1660. The molecule has 212 valence electrons. The number of nitrogens with two attached hydrogens (primary N) is 1. The molecule has 0 saturated carbocycles. The van der Waals surface area contributed by atoms with Crippen LogP contribution in [-0.2, 0) is 11.4 Å². The van der Waals surface area contributed by atoms with Gasteiger partial charge >= 0.3 is 0 Å². The first-order valence-corrected chi connectivity index (χ1v) is 14.7. The summed E-state index contributed by atoms with van der Waals surface area (Å²) in [6, 6.07) is 23.5. The second-order valence-electron chi connectivity index (χ2n) is 11.5. The van der Waals surface area contributed by atoms with Crippen molar-refractivity contribution in [3.05, 3.63) is 105 Å². The summed E-state index contributed by atoms with van der Waals surface area (Å²) in [5, 5.41) is 3.29. The van der Waals surface area contributed by atoms with Gasteiger partial charge in [-0.05, 0) is 71.0 Å². The smallest absolute Gasteiger partial charge is 0.161 e. The molecule has 0 unspecified atom stereocenters. The molecule has 1 aliphatic rings. The van der Waals surface area contributed by atoms with Crippen LogP contribution in [0.25, 0.3) is 16.3 Å². The van der Waals surface area contributed by atoms with E-state index in [4.69, 9.17) is 38.4 Å². The number of carbonyl (C=O) groups is 1. The van der Waals surface area contributed by atoms with Crippen LogP contribution in [0.4, 0.5) is 5.69 Å². The van der Waals surface area contributed by atoms with Crippen molar-refractivity contribution in [1.82, 2.24) is 0 Å². The monoisotopic (exact) mass is 587 g/mol. The van der Waals surface area contributed by atoms with E-state index in [1.165, 1.54) is 0 Å². The fraction of sp³-hybridized carbons (Fsp3) is 0.286. The zero-order valence-electron chi connectivity index (χ0n) is 23.9. The lowest BCUT2D eigenvalue weighted by Gasteiger charge is -2.35. The average Bonchev–Trinajstić information content (AvgIpc) is 2.92. The van der Waals surface area contributed by atoms with E-state index in [1.807, 2.05) is 55.5 Å². The van der Waals surface area contributed by atoms with Gasteiger partial charge in [0.1, 0.15) is 6.61 Å². The van der Waals surface area contributed by atoms with Crippen molar-refractivity contribution in [2.75, 3.05) is 12.3 Å². The molecule has 0 spiro atoms. The van der Waals surface area contributed by atoms with E-state index in [2.05, 4.69) is 32.9 Å². The molecule has 1 atom stereocenters. The van der Waals surface area contributed by atoms with Crippen LogP contribution < -0.4 is 15.2 Å². The Kier molecular flexibility index (Phi) is 8.35. The minimum absolute atomic E-state index is 0.159. The highest BCUT2D eigenvalue weighted by Crippen LogP contribution is 2.49. The lowest BCUT2D eigenvalue weighted by Crippen LogP contribution is -2.27. The van der Waals surface area contributed by atoms with Gasteiger partial charge in [-0.15, -0.1) is 0 Å². The zero-order valence-corrected chi connectivity index (χ0v) is 25.4. The van der Waals surface area contributed by atoms with Crippen molar-refractivity contribution in [3.63, 3.8) is 0 Å². The summed E-state index contributed by atoms with van der Waals surface area (Å²) >= 11 is 12.4. The number of hydrogen-bond donors (Lipinski definition) is 1. The molecule has 41 heavy (non-hydrogen) atoms. The van der Waals surface area contributed by atoms with E-state index in [0.29, 0.717) is 40.3 Å². The number of nitrogen functional groups attached to an aromatic ring is 1. The first-order chi connectivity index (χ1) is 19.6. The topological polar surface area (TPSA) is 61.5 Å². The third-order valence-electron chi connectivity index (χ3n) is 7.78. The number of anilines is 1. The number of Topliss-reactive ketones (excluding diaryl/α,β-unsaturated/α-hetero) is 1. The number of fused-ring (bicyclic) bond motifs is 1. The lowest BCUT2D eigenvalue weighted by atomic mass is 9.68. The Hall–Kier alpha value is -3.47. The third kappa shape index (κ3) is 6.10. The predicted octanol–water partition coefficient (Wildman–Crippen LogP) is 9.65. The lowest BCUT2D eigenvalue weighted by molar-refractivity contribution is -0.118. The number of ketones is 1. The minimum Gasteiger partial charge on any atom is -0.490 e. The van der Waals surface area contributed by atoms with Crippen LogP contribution >= 0.6 is 23.2 Å². The Balaban J connectivity index is 1.57. The first kappa shape index (κ1) is 29.0. The maximum absolute atomic E-state index is 13.9. The van der Waals surface area contributed by atoms with Crippen molar-refractivity contribution >= 4 is 51.0 Å². The Labute approximate surface area is 252 Å². The molecule has 0 aromatic heterocycles. The van der Waals surface area contributed by atoms with Crippen molar-refractivity contribution in [3.8, 4) is 11.5 Å².